The summed E-state index contributed by atoms with van der Waals surface area (Å²) in [5.41, 5.74) is -4.76. The van der Waals surface area contributed by atoms with Crippen LogP contribution in [0, 0.1) is 46.3 Å². The summed E-state index contributed by atoms with van der Waals surface area (Å²) in [6, 6.07) is 5.96. The van der Waals surface area contributed by atoms with E-state index in [1.165, 1.54) is 0 Å². The average molecular weight is 739 g/mol. The van der Waals surface area contributed by atoms with E-state index in [1.54, 1.807) is 66.4 Å². The van der Waals surface area contributed by atoms with E-state index in [2.05, 4.69) is 4.90 Å². The summed E-state index contributed by atoms with van der Waals surface area (Å²) in [4.78, 5) is 56.7. The van der Waals surface area contributed by atoms with Crippen molar-refractivity contribution in [2.24, 2.45) is 46.3 Å². The molecule has 5 aliphatic carbocycles. The van der Waals surface area contributed by atoms with Gasteiger partial charge in [0.1, 0.15) is 17.3 Å². The van der Waals surface area contributed by atoms with E-state index < -0.39 is 70.1 Å². The molecule has 2 saturated heterocycles. The van der Waals surface area contributed by atoms with Gasteiger partial charge in [-0.15, -0.1) is 0 Å². The molecule has 7 fully saturated rings. The molecule has 0 aromatic heterocycles. The second kappa shape index (κ2) is 12.5. The molecular weight excluding hydrogens is 684 g/mol. The Hall–Kier alpha value is -2.94. The molecule has 7 bridgehead atoms. The number of fused-ring (bicyclic) bond motifs is 2. The lowest BCUT2D eigenvalue weighted by Gasteiger charge is -2.70. The molecule has 2 N–H and O–H groups in total. The first-order valence-electron chi connectivity index (χ1n) is 19.3. The fraction of sp³-hybridized carbons (Fsp3) is 0.750. The maximum absolute atomic E-state index is 14.1. The number of ether oxygens (including phenoxy) is 5. The van der Waals surface area contributed by atoms with Crippen LogP contribution in [-0.2, 0) is 38.1 Å². The molecule has 53 heavy (non-hydrogen) atoms. The molecule has 1 aromatic carbocycles. The lowest BCUT2D eigenvalue weighted by molar-refractivity contribution is -0.319. The highest BCUT2D eigenvalue weighted by molar-refractivity contribution is 6.22. The van der Waals surface area contributed by atoms with Gasteiger partial charge in [0.05, 0.1) is 48.1 Å². The first-order valence-corrected chi connectivity index (χ1v) is 19.3. The van der Waals surface area contributed by atoms with Gasteiger partial charge in [-0.2, -0.15) is 0 Å². The number of amides is 2. The lowest BCUT2D eigenvalue weighted by atomic mass is 9.42. The number of piperidine rings is 1. The van der Waals surface area contributed by atoms with Gasteiger partial charge in [-0.1, -0.05) is 39.8 Å². The number of hydrogen-bond acceptors (Lipinski definition) is 12. The Balaban J connectivity index is 1.24. The molecule has 1 aromatic rings. The molecule has 1 spiro atoms. The molecule has 14 atom stereocenters. The summed E-state index contributed by atoms with van der Waals surface area (Å²) >= 11 is 0. The Morgan fingerprint density at radius 2 is 1.79 bits per heavy atom. The minimum Gasteiger partial charge on any atom is -0.461 e. The molecule has 5 saturated carbocycles. The minimum absolute atomic E-state index is 0.0216. The summed E-state index contributed by atoms with van der Waals surface area (Å²) in [7, 11) is 4.88. The van der Waals surface area contributed by atoms with Gasteiger partial charge in [-0.25, -0.2) is 9.69 Å². The summed E-state index contributed by atoms with van der Waals surface area (Å²) in [5.74, 6) is -4.07. The Morgan fingerprint density at radius 1 is 1.06 bits per heavy atom. The van der Waals surface area contributed by atoms with E-state index in [0.29, 0.717) is 32.4 Å². The van der Waals surface area contributed by atoms with Crippen LogP contribution >= 0.6 is 0 Å². The molecule has 2 amide bonds. The van der Waals surface area contributed by atoms with Gasteiger partial charge in [-0.3, -0.25) is 19.3 Å². The van der Waals surface area contributed by atoms with Crippen molar-refractivity contribution in [2.45, 2.75) is 101 Å². The van der Waals surface area contributed by atoms with Crippen molar-refractivity contribution in [2.75, 3.05) is 45.9 Å². The molecule has 0 radical (unpaired) electrons. The Kier molecular flexibility index (Phi) is 8.76. The lowest BCUT2D eigenvalue weighted by Crippen LogP contribution is -2.82. The number of methoxy groups -OCH3 is 3. The van der Waals surface area contributed by atoms with Crippen molar-refractivity contribution in [3.05, 3.63) is 29.8 Å². The van der Waals surface area contributed by atoms with E-state index in [1.807, 2.05) is 6.92 Å². The maximum atomic E-state index is 14.1. The largest absolute Gasteiger partial charge is 0.461 e. The van der Waals surface area contributed by atoms with Crippen LogP contribution in [0.2, 0.25) is 0 Å². The van der Waals surface area contributed by atoms with Gasteiger partial charge >= 0.3 is 11.9 Å². The topological polar surface area (TPSA) is 161 Å². The van der Waals surface area contributed by atoms with Crippen LogP contribution in [0.1, 0.15) is 70.2 Å². The molecular formula is C40H54N2O11. The molecule has 290 valence electrons. The normalized spacial score (nSPS) is 45.2. The number of likely N-dealkylation sites (N-methyl/N-ethyl adjacent to an activating group) is 1. The number of imide groups is 1. The average Bonchev–Trinajstić information content (AvgIpc) is 3.65. The van der Waals surface area contributed by atoms with E-state index in [-0.39, 0.29) is 72.3 Å². The van der Waals surface area contributed by atoms with Crippen molar-refractivity contribution in [3.8, 4) is 0 Å². The fourth-order valence-electron chi connectivity index (χ4n) is 13.3. The number of benzene rings is 1. The molecule has 2 heterocycles. The predicted molar refractivity (Wildman–Crippen MR) is 188 cm³/mol. The van der Waals surface area contributed by atoms with Gasteiger partial charge < -0.3 is 33.9 Å². The molecule has 2 aliphatic heterocycles. The monoisotopic (exact) mass is 738 g/mol. The second-order valence-electron chi connectivity index (χ2n) is 17.3. The molecule has 7 aliphatic rings. The summed E-state index contributed by atoms with van der Waals surface area (Å²) in [6.45, 7) is 8.30. The molecule has 13 nitrogen and oxygen atoms in total. The minimum atomic E-state index is -1.83. The first kappa shape index (κ1) is 37.0. The number of esters is 2. The Bertz CT molecular complexity index is 1700. The van der Waals surface area contributed by atoms with Crippen LogP contribution in [0.15, 0.2) is 24.3 Å². The van der Waals surface area contributed by atoms with Crippen LogP contribution in [-0.4, -0.2) is 122 Å². The number of aliphatic hydroxyl groups is 2. The zero-order chi connectivity index (χ0) is 38.0. The van der Waals surface area contributed by atoms with Crippen molar-refractivity contribution in [1.82, 2.24) is 4.90 Å². The molecule has 13 heteroatoms. The summed E-state index contributed by atoms with van der Waals surface area (Å²) in [5, 5.41) is 27.0. The summed E-state index contributed by atoms with van der Waals surface area (Å²) < 4.78 is 31.6. The zero-order valence-corrected chi connectivity index (χ0v) is 31.8. The Morgan fingerprint density at radius 3 is 2.42 bits per heavy atom. The van der Waals surface area contributed by atoms with Crippen molar-refractivity contribution < 1.29 is 53.1 Å². The van der Waals surface area contributed by atoms with E-state index in [4.69, 9.17) is 23.7 Å². The standard InChI is InChI=1S/C40H54N2O11/c1-8-41-18-37(19-52-35(46)22-11-9-10-12-25(22)42-28(43)15-21(4)33(42)44)14-13-27(50-6)39-24-16-23-26(49-5)17-38(47,29(24)30(23)53-34(45)20(2)3)40(48,36(39)41)32(51-7)31(37)39/h9-12,20-21,23-24,26-27,29-32,36,47-48H,8,13-19H2,1-7H3. The van der Waals surface area contributed by atoms with Crippen LogP contribution in [0.25, 0.3) is 0 Å². The van der Waals surface area contributed by atoms with Crippen LogP contribution in [0.4, 0.5) is 5.69 Å². The van der Waals surface area contributed by atoms with Gasteiger partial charge in [0.15, 0.2) is 0 Å². The number of nitrogens with zero attached hydrogens (tertiary/aromatic N) is 2. The van der Waals surface area contributed by atoms with E-state index in [0.717, 1.165) is 4.90 Å². The van der Waals surface area contributed by atoms with E-state index >= 15 is 0 Å². The van der Waals surface area contributed by atoms with Gasteiger partial charge in [0.25, 0.3) is 0 Å². The second-order valence-corrected chi connectivity index (χ2v) is 17.3. The third-order valence-electron chi connectivity index (χ3n) is 15.0. The van der Waals surface area contributed by atoms with E-state index in [9.17, 15) is 29.4 Å². The fourth-order valence-corrected chi connectivity index (χ4v) is 13.3. The highest BCUT2D eigenvalue weighted by Crippen LogP contribution is 2.80. The smallest absolute Gasteiger partial charge is 0.340 e. The predicted octanol–water partition coefficient (Wildman–Crippen LogP) is 2.59. The van der Waals surface area contributed by atoms with Gasteiger partial charge in [0.2, 0.25) is 11.8 Å². The van der Waals surface area contributed by atoms with Crippen molar-refractivity contribution >= 4 is 29.4 Å². The van der Waals surface area contributed by atoms with Crippen LogP contribution in [0.5, 0.6) is 0 Å². The number of anilines is 1. The number of carbonyl (C=O) groups excluding carboxylic acids is 4. The molecule has 8 rings (SSSR count). The SMILES string of the molecule is CCN1CC2(COC(=O)c3ccccc3N3C(=O)CC(C)C3=O)CCC(OC)C34C5CC6C(OC)CC(O)(C5C6OC(=O)C(C)C)C(O)(C(OC)C23)C14. The maximum Gasteiger partial charge on any atom is 0.340 e. The summed E-state index contributed by atoms with van der Waals surface area (Å²) in [6.07, 6.45) is -0.344. The quantitative estimate of drug-likeness (QED) is 0.267. The van der Waals surface area contributed by atoms with Crippen LogP contribution in [0.3, 0.4) is 0 Å². The third-order valence-corrected chi connectivity index (χ3v) is 15.0. The third kappa shape index (κ3) is 4.52. The molecule has 14 unspecified atom stereocenters. The number of likely N-dealkylation sites (tertiary alicyclic amines) is 1. The van der Waals surface area contributed by atoms with Crippen molar-refractivity contribution in [1.29, 1.82) is 0 Å². The zero-order valence-electron chi connectivity index (χ0n) is 31.8. The highest BCUT2D eigenvalue weighted by Gasteiger charge is 2.92. The number of carbonyl (C=O) groups is 4. The van der Waals surface area contributed by atoms with Gasteiger partial charge in [0, 0.05) is 75.2 Å². The highest BCUT2D eigenvalue weighted by atomic mass is 16.6. The van der Waals surface area contributed by atoms with Crippen molar-refractivity contribution in [3.63, 3.8) is 0 Å². The van der Waals surface area contributed by atoms with Crippen LogP contribution < -0.4 is 4.90 Å². The van der Waals surface area contributed by atoms with Gasteiger partial charge in [-0.05, 0) is 43.9 Å². The number of rotatable bonds is 10. The number of hydrogen-bond donors (Lipinski definition) is 2. The number of para-hydroxylation sites is 1. The Labute approximate surface area is 310 Å². The first-order chi connectivity index (χ1) is 25.2.